The van der Waals surface area contributed by atoms with Crippen LogP contribution in [-0.4, -0.2) is 17.6 Å². The van der Waals surface area contributed by atoms with E-state index in [0.29, 0.717) is 22.8 Å². The summed E-state index contributed by atoms with van der Waals surface area (Å²) < 4.78 is 6.28. The zero-order valence-corrected chi connectivity index (χ0v) is 13.7. The van der Waals surface area contributed by atoms with E-state index in [2.05, 4.69) is 5.32 Å². The van der Waals surface area contributed by atoms with E-state index in [4.69, 9.17) is 4.74 Å². The molecule has 114 valence electrons. The average Bonchev–Trinajstić information content (AvgIpc) is 3.07. The summed E-state index contributed by atoms with van der Waals surface area (Å²) >= 11 is 0. The third-order valence-corrected chi connectivity index (χ3v) is 5.83. The van der Waals surface area contributed by atoms with Crippen LogP contribution in [0.5, 0.6) is 0 Å². The summed E-state index contributed by atoms with van der Waals surface area (Å²) in [5.41, 5.74) is 2.14. The first-order valence-corrected chi connectivity index (χ1v) is 8.76. The van der Waals surface area contributed by atoms with E-state index in [1.54, 1.807) is 7.05 Å². The highest BCUT2D eigenvalue weighted by Gasteiger charge is 2.28. The fourth-order valence-corrected chi connectivity index (χ4v) is 4.95. The molecule has 1 N–H and O–H groups in total. The molecule has 2 heterocycles. The van der Waals surface area contributed by atoms with Gasteiger partial charge in [0.05, 0.1) is 17.7 Å². The van der Waals surface area contributed by atoms with Crippen molar-refractivity contribution in [2.45, 2.75) is 6.54 Å². The molecule has 1 aromatic carbocycles. The van der Waals surface area contributed by atoms with Crippen molar-refractivity contribution in [3.8, 4) is 10.6 Å². The summed E-state index contributed by atoms with van der Waals surface area (Å²) in [6.45, 7) is 0.561. The molecular weight excluding hydrogens is 320 g/mol. The maximum absolute atomic E-state index is 12.4. The van der Waals surface area contributed by atoms with E-state index in [0.717, 1.165) is 10.4 Å². The quantitative estimate of drug-likeness (QED) is 0.588. The largest absolute Gasteiger partial charge is 0.465 e. The highest BCUT2D eigenvalue weighted by Crippen LogP contribution is 2.41. The molecule has 0 atom stereocenters. The predicted molar refractivity (Wildman–Crippen MR) is 89.2 cm³/mol. The Morgan fingerprint density at radius 1 is 1.27 bits per heavy atom. The molecule has 7 heteroatoms. The van der Waals surface area contributed by atoms with Gasteiger partial charge in [-0.1, -0.05) is 51.0 Å². The molecule has 22 heavy (non-hydrogen) atoms. The van der Waals surface area contributed by atoms with Crippen molar-refractivity contribution in [3.05, 3.63) is 51.1 Å². The lowest BCUT2D eigenvalue weighted by atomic mass is 10.2. The van der Waals surface area contributed by atoms with Gasteiger partial charge >= 0.3 is 5.97 Å². The van der Waals surface area contributed by atoms with E-state index in [9.17, 15) is 9.59 Å². The molecule has 0 saturated carbocycles. The Morgan fingerprint density at radius 3 is 2.68 bits per heavy atom. The molecule has 2 aliphatic heterocycles. The molecule has 2 aliphatic rings. The van der Waals surface area contributed by atoms with Crippen molar-refractivity contribution in [3.63, 3.8) is 0 Å². The van der Waals surface area contributed by atoms with E-state index in [1.807, 2.05) is 30.3 Å². The Bertz CT molecular complexity index is 833. The van der Waals surface area contributed by atoms with Crippen LogP contribution in [0.1, 0.15) is 15.2 Å². The minimum Gasteiger partial charge on any atom is -0.465 e. The van der Waals surface area contributed by atoms with Gasteiger partial charge in [0, 0.05) is 13.6 Å². The van der Waals surface area contributed by atoms with Crippen LogP contribution in [0.4, 0.5) is 5.69 Å². The summed E-state index contributed by atoms with van der Waals surface area (Å²) in [4.78, 5) is 25.5. The number of carbonyl (C=O) groups is 1. The molecule has 1 aromatic rings. The molecule has 0 aliphatic carbocycles. The fourth-order valence-electron chi connectivity index (χ4n) is 2.26. The minimum absolute atomic E-state index is 0.130. The Labute approximate surface area is 134 Å². The number of fused-ring (bicyclic) bond motifs is 1. The Balaban J connectivity index is 1.95. The number of methoxy groups -OCH3 is 1. The number of rotatable bonds is 4. The number of nitrogens with one attached hydrogen (secondary N) is 1. The second kappa shape index (κ2) is 5.94. The number of ether oxygens (including phenoxy) is 1. The van der Waals surface area contributed by atoms with Crippen molar-refractivity contribution in [1.29, 1.82) is 0 Å². The van der Waals surface area contributed by atoms with Gasteiger partial charge in [0.2, 0.25) is 0 Å². The van der Waals surface area contributed by atoms with Gasteiger partial charge in [0.25, 0.3) is 5.56 Å². The fraction of sp³-hybridized carbons (Fsp3) is 0.200. The van der Waals surface area contributed by atoms with Gasteiger partial charge in [0.1, 0.15) is 10.6 Å². The number of esters is 1. The monoisotopic (exact) mass is 334 g/mol. The van der Waals surface area contributed by atoms with E-state index in [1.165, 1.54) is 32.4 Å². The molecule has 0 fully saturated rings. The number of hydrogen-bond donors (Lipinski definition) is 1. The molecule has 3 rings (SSSR count). The molecule has 0 spiro atoms. The topological polar surface area (TPSA) is 60.3 Å². The number of anilines is 1. The van der Waals surface area contributed by atoms with Crippen LogP contribution in [-0.2, 0) is 18.3 Å². The molecule has 5 nitrogen and oxygen atoms in total. The van der Waals surface area contributed by atoms with Gasteiger partial charge in [-0.2, -0.15) is 0 Å². The number of benzene rings is 1. The van der Waals surface area contributed by atoms with Crippen LogP contribution in [0.25, 0.3) is 10.6 Å². The highest BCUT2D eigenvalue weighted by atomic mass is 32.9. The second-order valence-electron chi connectivity index (χ2n) is 4.74. The number of aromatic nitrogens is 1. The minimum atomic E-state index is -0.411. The Hall–Kier alpha value is -2.12. The summed E-state index contributed by atoms with van der Waals surface area (Å²) in [5, 5.41) is 3.19. The zero-order valence-electron chi connectivity index (χ0n) is 12.1. The van der Waals surface area contributed by atoms with Crippen LogP contribution in [0.15, 0.2) is 35.1 Å². The summed E-state index contributed by atoms with van der Waals surface area (Å²) in [7, 11) is 5.75. The average molecular weight is 334 g/mol. The maximum Gasteiger partial charge on any atom is 0.351 e. The molecule has 0 bridgehead atoms. The van der Waals surface area contributed by atoms with Gasteiger partial charge in [-0.05, 0) is 5.56 Å². The Kier molecular flexibility index (Phi) is 4.00. The normalized spacial score (nSPS) is 10.8. The first kappa shape index (κ1) is 14.8. The van der Waals surface area contributed by atoms with Crippen LogP contribution >= 0.6 is 20.7 Å². The van der Waals surface area contributed by atoms with Crippen molar-refractivity contribution >= 4 is 32.3 Å². The third-order valence-electron chi connectivity index (χ3n) is 3.40. The number of nitrogens with zero attached hydrogens (tertiary/aromatic N) is 1. The van der Waals surface area contributed by atoms with Crippen molar-refractivity contribution in [2.24, 2.45) is 7.05 Å². The molecule has 0 unspecified atom stereocenters. The molecule has 0 saturated heterocycles. The van der Waals surface area contributed by atoms with Crippen molar-refractivity contribution in [1.82, 2.24) is 4.57 Å². The van der Waals surface area contributed by atoms with Crippen LogP contribution < -0.4 is 10.9 Å². The van der Waals surface area contributed by atoms with Gasteiger partial charge < -0.3 is 14.6 Å². The first-order chi connectivity index (χ1) is 10.6. The lowest BCUT2D eigenvalue weighted by Gasteiger charge is -2.03. The van der Waals surface area contributed by atoms with Crippen LogP contribution in [0, 0.1) is 0 Å². The number of carbonyl (C=O) groups excluding carboxylic acids is 1. The smallest absolute Gasteiger partial charge is 0.351 e. The highest BCUT2D eigenvalue weighted by molar-refractivity contribution is 7.71. The van der Waals surface area contributed by atoms with Crippen LogP contribution in [0.2, 0.25) is 0 Å². The van der Waals surface area contributed by atoms with Gasteiger partial charge in [-0.15, -0.1) is 0 Å². The first-order valence-electron chi connectivity index (χ1n) is 6.61. The molecule has 0 aromatic heterocycles. The molecule has 0 amide bonds. The van der Waals surface area contributed by atoms with E-state index >= 15 is 0 Å². The summed E-state index contributed by atoms with van der Waals surface area (Å²) in [6, 6.07) is 9.85. The SMILES string of the molecule is COC(=O)c1ssc2c(NCc3ccccc3)c(=O)n(C)c1-2. The lowest BCUT2D eigenvalue weighted by Crippen LogP contribution is -2.15. The van der Waals surface area contributed by atoms with Crippen molar-refractivity contribution < 1.29 is 9.53 Å². The molecule has 0 radical (unpaired) electrons. The van der Waals surface area contributed by atoms with Gasteiger partial charge in [0.15, 0.2) is 0 Å². The van der Waals surface area contributed by atoms with Crippen molar-refractivity contribution in [2.75, 3.05) is 12.4 Å². The predicted octanol–water partition coefficient (Wildman–Crippen LogP) is 3.01. The maximum atomic E-state index is 12.4. The summed E-state index contributed by atoms with van der Waals surface area (Å²) in [5.74, 6) is -0.411. The number of hydrogen-bond acceptors (Lipinski definition) is 6. The zero-order chi connectivity index (χ0) is 15.7. The molecular formula is C15H14N2O3S2. The standard InChI is InChI=1S/C15H14N2O3S2/c1-17-11-12(21-22-13(11)15(19)20-2)10(14(17)18)16-8-9-6-4-3-5-7-9/h3-7,16H,8H2,1-2H3. The Morgan fingerprint density at radius 2 is 2.00 bits per heavy atom. The summed E-state index contributed by atoms with van der Waals surface area (Å²) in [6.07, 6.45) is 0. The van der Waals surface area contributed by atoms with Crippen LogP contribution in [0.3, 0.4) is 0 Å². The van der Waals surface area contributed by atoms with Gasteiger partial charge in [-0.25, -0.2) is 4.79 Å². The second-order valence-corrected chi connectivity index (χ2v) is 6.89. The lowest BCUT2D eigenvalue weighted by molar-refractivity contribution is 0.0606. The van der Waals surface area contributed by atoms with E-state index in [-0.39, 0.29) is 5.56 Å². The third kappa shape index (κ3) is 2.42. The van der Waals surface area contributed by atoms with Gasteiger partial charge in [-0.3, -0.25) is 4.79 Å². The van der Waals surface area contributed by atoms with E-state index < -0.39 is 5.97 Å².